The van der Waals surface area contributed by atoms with Crippen molar-refractivity contribution in [3.05, 3.63) is 0 Å². The number of hydrogen-bond donors (Lipinski definition) is 2. The molecule has 0 spiro atoms. The van der Waals surface area contributed by atoms with E-state index >= 15 is 0 Å². The van der Waals surface area contributed by atoms with Crippen LogP contribution in [0, 0.1) is 0 Å². The number of halogens is 6. The molecule has 0 bridgehead atoms. The Morgan fingerprint density at radius 1 is 0.944 bits per heavy atom. The van der Waals surface area contributed by atoms with Crippen LogP contribution in [-0.2, 0) is 0 Å². The van der Waals surface area contributed by atoms with Crippen molar-refractivity contribution >= 4 is 0 Å². The third kappa shape index (κ3) is 4.01. The number of alkyl halides is 6. The largest absolute Gasteiger partial charge is 0.371 e. The lowest BCUT2D eigenvalue weighted by atomic mass is 9.99. The highest BCUT2D eigenvalue weighted by molar-refractivity contribution is 4.96. The Morgan fingerprint density at radius 3 is 1.78 bits per heavy atom. The van der Waals surface area contributed by atoms with E-state index in [0.29, 0.717) is 0 Å². The molecule has 2 nitrogen and oxygen atoms in total. The van der Waals surface area contributed by atoms with Crippen LogP contribution < -0.4 is 11.1 Å². The SMILES string of the molecule is CC(C)NCCC(F)(F)C(F)(F)C(F)(F)CCN. The molecule has 0 aliphatic rings. The second-order valence-electron chi connectivity index (χ2n) is 4.38. The van der Waals surface area contributed by atoms with Crippen molar-refractivity contribution in [2.75, 3.05) is 13.1 Å². The van der Waals surface area contributed by atoms with Gasteiger partial charge in [-0.3, -0.25) is 0 Å². The average Bonchev–Trinajstić information content (AvgIpc) is 2.15. The normalized spacial score (nSPS) is 14.3. The highest BCUT2D eigenvalue weighted by atomic mass is 19.3. The molecule has 0 saturated carbocycles. The van der Waals surface area contributed by atoms with E-state index in [1.165, 1.54) is 0 Å². The summed E-state index contributed by atoms with van der Waals surface area (Å²) in [6, 6.07) is -0.195. The predicted molar refractivity (Wildman–Crippen MR) is 56.3 cm³/mol. The summed E-state index contributed by atoms with van der Waals surface area (Å²) in [7, 11) is 0. The Morgan fingerprint density at radius 2 is 1.39 bits per heavy atom. The van der Waals surface area contributed by atoms with Gasteiger partial charge in [-0.2, -0.15) is 26.3 Å². The standard InChI is InChI=1S/C10H18F6N2/c1-7(2)18-6-4-9(13,14)10(15,16)8(11,12)3-5-17/h7,18H,3-6,17H2,1-2H3. The van der Waals surface area contributed by atoms with Gasteiger partial charge in [0.2, 0.25) is 0 Å². The molecule has 0 radical (unpaired) electrons. The molecule has 8 heteroatoms. The molecule has 0 aromatic heterocycles. The smallest absolute Gasteiger partial charge is 0.330 e. The first kappa shape index (κ1) is 17.5. The monoisotopic (exact) mass is 280 g/mol. The molecular weight excluding hydrogens is 262 g/mol. The molecule has 0 aromatic carbocycles. The van der Waals surface area contributed by atoms with Crippen molar-refractivity contribution in [3.8, 4) is 0 Å². The second-order valence-corrected chi connectivity index (χ2v) is 4.38. The fourth-order valence-electron chi connectivity index (χ4n) is 1.28. The van der Waals surface area contributed by atoms with Gasteiger partial charge in [0.1, 0.15) is 0 Å². The highest BCUT2D eigenvalue weighted by Crippen LogP contribution is 2.48. The van der Waals surface area contributed by atoms with Gasteiger partial charge in [-0.25, -0.2) is 0 Å². The molecule has 0 fully saturated rings. The molecule has 0 aliphatic carbocycles. The molecule has 3 N–H and O–H groups in total. The quantitative estimate of drug-likeness (QED) is 0.671. The average molecular weight is 280 g/mol. The summed E-state index contributed by atoms with van der Waals surface area (Å²) in [5.74, 6) is -15.0. The first-order valence-corrected chi connectivity index (χ1v) is 5.55. The first-order chi connectivity index (χ1) is 7.98. The van der Waals surface area contributed by atoms with E-state index in [1.807, 2.05) is 0 Å². The minimum Gasteiger partial charge on any atom is -0.330 e. The van der Waals surface area contributed by atoms with E-state index < -0.39 is 43.7 Å². The summed E-state index contributed by atoms with van der Waals surface area (Å²) in [5.41, 5.74) is 4.72. The molecule has 0 aromatic rings. The van der Waals surface area contributed by atoms with E-state index in [9.17, 15) is 26.3 Å². The Labute approximate surface area is 102 Å². The Bertz CT molecular complexity index is 255. The Balaban J connectivity index is 4.73. The molecular formula is C10H18F6N2. The lowest BCUT2D eigenvalue weighted by Crippen LogP contribution is -2.55. The number of nitrogens with one attached hydrogen (secondary N) is 1. The summed E-state index contributed by atoms with van der Waals surface area (Å²) >= 11 is 0. The number of rotatable bonds is 8. The maximum atomic E-state index is 13.2. The van der Waals surface area contributed by atoms with Crippen LogP contribution in [0.15, 0.2) is 0 Å². The van der Waals surface area contributed by atoms with Gasteiger partial charge in [0, 0.05) is 25.4 Å². The van der Waals surface area contributed by atoms with Crippen LogP contribution in [0.1, 0.15) is 26.7 Å². The van der Waals surface area contributed by atoms with Crippen molar-refractivity contribution in [2.24, 2.45) is 5.73 Å². The van der Waals surface area contributed by atoms with Crippen molar-refractivity contribution in [1.82, 2.24) is 5.32 Å². The molecule has 0 amide bonds. The minimum absolute atomic E-state index is 0.195. The molecule has 18 heavy (non-hydrogen) atoms. The molecule has 0 rings (SSSR count). The molecule has 110 valence electrons. The lowest BCUT2D eigenvalue weighted by molar-refractivity contribution is -0.311. The van der Waals surface area contributed by atoms with Gasteiger partial charge in [-0.05, 0) is 6.54 Å². The van der Waals surface area contributed by atoms with E-state index in [0.717, 1.165) is 0 Å². The van der Waals surface area contributed by atoms with Crippen LogP contribution in [0.2, 0.25) is 0 Å². The molecule has 0 saturated heterocycles. The Hall–Kier alpha value is -0.500. The highest BCUT2D eigenvalue weighted by Gasteiger charge is 2.70. The summed E-state index contributed by atoms with van der Waals surface area (Å²) in [6.07, 6.45) is -2.84. The van der Waals surface area contributed by atoms with Gasteiger partial charge in [-0.15, -0.1) is 0 Å². The van der Waals surface area contributed by atoms with Crippen LogP contribution in [0.25, 0.3) is 0 Å². The van der Waals surface area contributed by atoms with Crippen LogP contribution in [0.5, 0.6) is 0 Å². The van der Waals surface area contributed by atoms with Crippen LogP contribution in [0.4, 0.5) is 26.3 Å². The molecule has 0 atom stereocenters. The van der Waals surface area contributed by atoms with E-state index in [2.05, 4.69) is 5.32 Å². The van der Waals surface area contributed by atoms with Gasteiger partial charge in [0.25, 0.3) is 0 Å². The van der Waals surface area contributed by atoms with Gasteiger partial charge in [0.05, 0.1) is 0 Å². The van der Waals surface area contributed by atoms with Gasteiger partial charge < -0.3 is 11.1 Å². The molecule has 0 unspecified atom stereocenters. The van der Waals surface area contributed by atoms with Crippen molar-refractivity contribution in [3.63, 3.8) is 0 Å². The zero-order valence-corrected chi connectivity index (χ0v) is 10.3. The van der Waals surface area contributed by atoms with Crippen LogP contribution in [-0.4, -0.2) is 36.9 Å². The van der Waals surface area contributed by atoms with Crippen molar-refractivity contribution in [1.29, 1.82) is 0 Å². The third-order valence-electron chi connectivity index (χ3n) is 2.37. The van der Waals surface area contributed by atoms with Gasteiger partial charge in [-0.1, -0.05) is 13.8 Å². The summed E-state index contributed by atoms with van der Waals surface area (Å²) < 4.78 is 78.4. The number of hydrogen-bond acceptors (Lipinski definition) is 2. The zero-order chi connectivity index (χ0) is 14.6. The fraction of sp³-hybridized carbons (Fsp3) is 1.00. The van der Waals surface area contributed by atoms with Gasteiger partial charge in [0.15, 0.2) is 0 Å². The Kier molecular flexibility index (Phi) is 5.93. The lowest BCUT2D eigenvalue weighted by Gasteiger charge is -2.32. The van der Waals surface area contributed by atoms with E-state index in [1.54, 1.807) is 13.8 Å². The third-order valence-corrected chi connectivity index (χ3v) is 2.37. The van der Waals surface area contributed by atoms with Crippen LogP contribution >= 0.6 is 0 Å². The predicted octanol–water partition coefficient (Wildman–Crippen LogP) is 2.63. The first-order valence-electron chi connectivity index (χ1n) is 5.55. The molecule has 0 aliphatic heterocycles. The van der Waals surface area contributed by atoms with E-state index in [4.69, 9.17) is 5.73 Å². The van der Waals surface area contributed by atoms with Crippen molar-refractivity contribution < 1.29 is 26.3 Å². The fourth-order valence-corrected chi connectivity index (χ4v) is 1.28. The zero-order valence-electron chi connectivity index (χ0n) is 10.3. The number of nitrogens with two attached hydrogens (primary N) is 1. The summed E-state index contributed by atoms with van der Waals surface area (Å²) in [6.45, 7) is 1.99. The minimum atomic E-state index is -5.40. The van der Waals surface area contributed by atoms with E-state index in [-0.39, 0.29) is 6.04 Å². The second kappa shape index (κ2) is 6.10. The van der Waals surface area contributed by atoms with Crippen LogP contribution in [0.3, 0.4) is 0 Å². The van der Waals surface area contributed by atoms with Gasteiger partial charge >= 0.3 is 17.8 Å². The maximum Gasteiger partial charge on any atom is 0.371 e. The topological polar surface area (TPSA) is 38.0 Å². The maximum absolute atomic E-state index is 13.2. The molecule has 0 heterocycles. The summed E-state index contributed by atoms with van der Waals surface area (Å²) in [5, 5.41) is 2.47. The summed E-state index contributed by atoms with van der Waals surface area (Å²) in [4.78, 5) is 0. The van der Waals surface area contributed by atoms with Crippen molar-refractivity contribution in [2.45, 2.75) is 50.5 Å².